The molecule has 1 saturated heterocycles. The molecule has 0 saturated carbocycles. The third-order valence-electron chi connectivity index (χ3n) is 3.62. The van der Waals surface area contributed by atoms with E-state index >= 15 is 0 Å². The van der Waals surface area contributed by atoms with Crippen LogP contribution in [-0.2, 0) is 4.74 Å². The van der Waals surface area contributed by atoms with Gasteiger partial charge in [-0.1, -0.05) is 6.92 Å². The molecule has 0 atom stereocenters. The largest absolute Gasteiger partial charge is 0.385 e. The summed E-state index contributed by atoms with van der Waals surface area (Å²) in [5.41, 5.74) is 2.63. The standard InChI is InChI=1S/C13H29N5O/c1-3-18-8-5-12(6-9-18)11-16-13(17-14)15-7-4-10-19-2/h12H,3-11,14H2,1-2H3,(H2,15,16,17). The Labute approximate surface area is 116 Å². The zero-order chi connectivity index (χ0) is 13.9. The van der Waals surface area contributed by atoms with E-state index in [1.807, 2.05) is 0 Å². The number of aliphatic imine (C=N–C) groups is 1. The molecule has 1 rings (SSSR count). The number of hydrogen-bond donors (Lipinski definition) is 3. The van der Waals surface area contributed by atoms with E-state index in [1.165, 1.54) is 25.9 Å². The molecule has 1 aliphatic rings. The number of hydrazine groups is 1. The molecule has 0 radical (unpaired) electrons. The Morgan fingerprint density at radius 1 is 1.42 bits per heavy atom. The van der Waals surface area contributed by atoms with Crippen molar-refractivity contribution in [3.63, 3.8) is 0 Å². The average molecular weight is 271 g/mol. The van der Waals surface area contributed by atoms with Gasteiger partial charge >= 0.3 is 0 Å². The molecule has 0 aromatic carbocycles. The average Bonchev–Trinajstić information content (AvgIpc) is 2.47. The highest BCUT2D eigenvalue weighted by atomic mass is 16.5. The molecule has 1 heterocycles. The van der Waals surface area contributed by atoms with Gasteiger partial charge in [0.15, 0.2) is 0 Å². The Morgan fingerprint density at radius 3 is 2.74 bits per heavy atom. The topological polar surface area (TPSA) is 74.9 Å². The van der Waals surface area contributed by atoms with Gasteiger partial charge in [-0.15, -0.1) is 0 Å². The first kappa shape index (κ1) is 16.2. The molecule has 0 unspecified atom stereocenters. The molecule has 6 nitrogen and oxygen atoms in total. The number of nitrogens with zero attached hydrogens (tertiary/aromatic N) is 2. The summed E-state index contributed by atoms with van der Waals surface area (Å²) >= 11 is 0. The molecule has 1 fully saturated rings. The van der Waals surface area contributed by atoms with Crippen molar-refractivity contribution in [2.75, 3.05) is 46.4 Å². The van der Waals surface area contributed by atoms with Crippen molar-refractivity contribution in [2.24, 2.45) is 16.8 Å². The summed E-state index contributed by atoms with van der Waals surface area (Å²) in [4.78, 5) is 7.02. The van der Waals surface area contributed by atoms with Gasteiger partial charge in [0.2, 0.25) is 5.96 Å². The molecule has 1 aliphatic heterocycles. The molecular weight excluding hydrogens is 242 g/mol. The second kappa shape index (κ2) is 10.00. The zero-order valence-corrected chi connectivity index (χ0v) is 12.3. The number of nitrogens with one attached hydrogen (secondary N) is 2. The van der Waals surface area contributed by atoms with Crippen molar-refractivity contribution in [1.29, 1.82) is 0 Å². The SMILES string of the molecule is CCN1CCC(CN=C(NN)NCCCOC)CC1. The van der Waals surface area contributed by atoms with Crippen LogP contribution in [-0.4, -0.2) is 57.3 Å². The summed E-state index contributed by atoms with van der Waals surface area (Å²) in [6.07, 6.45) is 3.42. The number of likely N-dealkylation sites (tertiary alicyclic amines) is 1. The summed E-state index contributed by atoms with van der Waals surface area (Å²) in [6.45, 7) is 8.21. The van der Waals surface area contributed by atoms with Crippen LogP contribution in [0.1, 0.15) is 26.2 Å². The maximum Gasteiger partial charge on any atom is 0.205 e. The smallest absolute Gasteiger partial charge is 0.205 e. The van der Waals surface area contributed by atoms with Gasteiger partial charge in [0, 0.05) is 26.8 Å². The minimum atomic E-state index is 0.687. The predicted molar refractivity (Wildman–Crippen MR) is 79.0 cm³/mol. The van der Waals surface area contributed by atoms with E-state index in [2.05, 4.69) is 27.6 Å². The van der Waals surface area contributed by atoms with Gasteiger partial charge in [0.25, 0.3) is 0 Å². The molecule has 6 heteroatoms. The molecule has 0 aliphatic carbocycles. The van der Waals surface area contributed by atoms with Crippen LogP contribution in [0.3, 0.4) is 0 Å². The molecule has 0 amide bonds. The highest BCUT2D eigenvalue weighted by molar-refractivity contribution is 5.79. The van der Waals surface area contributed by atoms with Crippen LogP contribution in [0.15, 0.2) is 4.99 Å². The Bertz CT molecular complexity index is 251. The van der Waals surface area contributed by atoms with Crippen molar-refractivity contribution in [3.8, 4) is 0 Å². The van der Waals surface area contributed by atoms with Crippen molar-refractivity contribution < 1.29 is 4.74 Å². The van der Waals surface area contributed by atoms with E-state index in [0.717, 1.165) is 32.7 Å². The number of guanidine groups is 1. The second-order valence-corrected chi connectivity index (χ2v) is 4.98. The molecule has 0 spiro atoms. The van der Waals surface area contributed by atoms with Crippen LogP contribution in [0.4, 0.5) is 0 Å². The van der Waals surface area contributed by atoms with E-state index in [9.17, 15) is 0 Å². The maximum atomic E-state index is 5.46. The monoisotopic (exact) mass is 271 g/mol. The van der Waals surface area contributed by atoms with Gasteiger partial charge in [-0.3, -0.25) is 10.4 Å². The first-order valence-electron chi connectivity index (χ1n) is 7.26. The number of piperidine rings is 1. The number of hydrogen-bond acceptors (Lipinski definition) is 4. The van der Waals surface area contributed by atoms with Crippen LogP contribution in [0.25, 0.3) is 0 Å². The lowest BCUT2D eigenvalue weighted by atomic mass is 9.97. The lowest BCUT2D eigenvalue weighted by Crippen LogP contribution is -2.42. The molecule has 0 aromatic heterocycles. The molecule has 112 valence electrons. The summed E-state index contributed by atoms with van der Waals surface area (Å²) in [5.74, 6) is 6.84. The minimum absolute atomic E-state index is 0.687. The van der Waals surface area contributed by atoms with Crippen LogP contribution >= 0.6 is 0 Å². The fourth-order valence-corrected chi connectivity index (χ4v) is 2.28. The third-order valence-corrected chi connectivity index (χ3v) is 3.62. The maximum absolute atomic E-state index is 5.46. The summed E-state index contributed by atoms with van der Waals surface area (Å²) in [6, 6.07) is 0. The van der Waals surface area contributed by atoms with Gasteiger partial charge in [0.1, 0.15) is 0 Å². The lowest BCUT2D eigenvalue weighted by Gasteiger charge is -2.30. The lowest BCUT2D eigenvalue weighted by molar-refractivity contribution is 0.195. The van der Waals surface area contributed by atoms with Crippen LogP contribution in [0.5, 0.6) is 0 Å². The Balaban J connectivity index is 2.20. The van der Waals surface area contributed by atoms with E-state index in [1.54, 1.807) is 7.11 Å². The minimum Gasteiger partial charge on any atom is -0.385 e. The zero-order valence-electron chi connectivity index (χ0n) is 12.3. The number of nitrogens with two attached hydrogens (primary N) is 1. The fraction of sp³-hybridized carbons (Fsp3) is 0.923. The van der Waals surface area contributed by atoms with Crippen molar-refractivity contribution in [1.82, 2.24) is 15.6 Å². The van der Waals surface area contributed by atoms with Crippen LogP contribution in [0, 0.1) is 5.92 Å². The van der Waals surface area contributed by atoms with Crippen molar-refractivity contribution >= 4 is 5.96 Å². The highest BCUT2D eigenvalue weighted by Crippen LogP contribution is 2.16. The van der Waals surface area contributed by atoms with Crippen LogP contribution < -0.4 is 16.6 Å². The quantitative estimate of drug-likeness (QED) is 0.202. The Hall–Kier alpha value is -0.850. The molecule has 4 N–H and O–H groups in total. The molecular formula is C13H29N5O. The molecule has 0 bridgehead atoms. The first-order valence-corrected chi connectivity index (χ1v) is 7.26. The molecule has 0 aromatic rings. The summed E-state index contributed by atoms with van der Waals surface area (Å²) in [7, 11) is 1.71. The van der Waals surface area contributed by atoms with E-state index in [-0.39, 0.29) is 0 Å². The normalized spacial score (nSPS) is 18.6. The summed E-state index contributed by atoms with van der Waals surface area (Å²) < 4.78 is 5.00. The Morgan fingerprint density at radius 2 is 2.16 bits per heavy atom. The third kappa shape index (κ3) is 6.75. The van der Waals surface area contributed by atoms with E-state index < -0.39 is 0 Å². The second-order valence-electron chi connectivity index (χ2n) is 4.98. The number of ether oxygens (including phenoxy) is 1. The van der Waals surface area contributed by atoms with Crippen molar-refractivity contribution in [3.05, 3.63) is 0 Å². The van der Waals surface area contributed by atoms with E-state index in [0.29, 0.717) is 11.9 Å². The summed E-state index contributed by atoms with van der Waals surface area (Å²) in [5, 5.41) is 3.19. The van der Waals surface area contributed by atoms with Gasteiger partial charge < -0.3 is 15.0 Å². The number of rotatable bonds is 7. The van der Waals surface area contributed by atoms with Gasteiger partial charge in [-0.25, -0.2) is 5.84 Å². The molecule has 19 heavy (non-hydrogen) atoms. The van der Waals surface area contributed by atoms with Crippen molar-refractivity contribution in [2.45, 2.75) is 26.2 Å². The number of methoxy groups -OCH3 is 1. The fourth-order valence-electron chi connectivity index (χ4n) is 2.28. The Kier molecular flexibility index (Phi) is 8.53. The van der Waals surface area contributed by atoms with Gasteiger partial charge in [-0.2, -0.15) is 0 Å². The van der Waals surface area contributed by atoms with Gasteiger partial charge in [-0.05, 0) is 44.8 Å². The predicted octanol–water partition coefficient (Wildman–Crippen LogP) is 0.164. The highest BCUT2D eigenvalue weighted by Gasteiger charge is 2.17. The van der Waals surface area contributed by atoms with E-state index in [4.69, 9.17) is 10.6 Å². The first-order chi connectivity index (χ1) is 9.30. The van der Waals surface area contributed by atoms with Gasteiger partial charge in [0.05, 0.1) is 0 Å². The van der Waals surface area contributed by atoms with Crippen LogP contribution in [0.2, 0.25) is 0 Å².